The molecule has 4 rings (SSSR count). The van der Waals surface area contributed by atoms with Crippen molar-refractivity contribution in [2.75, 3.05) is 13.7 Å². The Bertz CT molecular complexity index is 1010. The summed E-state index contributed by atoms with van der Waals surface area (Å²) in [5.41, 5.74) is 3.88. The van der Waals surface area contributed by atoms with E-state index in [1.54, 1.807) is 31.4 Å². The first-order chi connectivity index (χ1) is 13.7. The van der Waals surface area contributed by atoms with Crippen molar-refractivity contribution in [1.29, 1.82) is 0 Å². The van der Waals surface area contributed by atoms with Crippen LogP contribution in [0.1, 0.15) is 40.5 Å². The molecule has 0 spiro atoms. The summed E-state index contributed by atoms with van der Waals surface area (Å²) in [4.78, 5) is 28.0. The lowest BCUT2D eigenvalue weighted by Gasteiger charge is -2.24. The van der Waals surface area contributed by atoms with Crippen molar-refractivity contribution in [2.24, 2.45) is 0 Å². The van der Waals surface area contributed by atoms with Gasteiger partial charge in [-0.05, 0) is 55.2 Å². The lowest BCUT2D eigenvalue weighted by Crippen LogP contribution is -2.39. The first-order valence-corrected chi connectivity index (χ1v) is 9.47. The fraction of sp³-hybridized carbons (Fsp3) is 0.273. The zero-order valence-corrected chi connectivity index (χ0v) is 15.7. The molecule has 2 aromatic carbocycles. The molecule has 1 heterocycles. The first kappa shape index (κ1) is 18.1. The lowest BCUT2D eigenvalue weighted by molar-refractivity contribution is -0.121. The summed E-state index contributed by atoms with van der Waals surface area (Å²) in [5, 5.41) is 6.88. The smallest absolute Gasteiger partial charge is 0.251 e. The Morgan fingerprint density at radius 1 is 1.18 bits per heavy atom. The second-order valence-corrected chi connectivity index (χ2v) is 6.99. The molecule has 2 amide bonds. The molecule has 0 saturated carbocycles. The van der Waals surface area contributed by atoms with Crippen LogP contribution >= 0.6 is 0 Å². The Morgan fingerprint density at radius 2 is 2.00 bits per heavy atom. The number of H-pyrrole nitrogens is 1. The molecule has 0 bridgehead atoms. The average molecular weight is 377 g/mol. The molecule has 1 atom stereocenters. The van der Waals surface area contributed by atoms with E-state index >= 15 is 0 Å². The fourth-order valence-electron chi connectivity index (χ4n) is 3.81. The van der Waals surface area contributed by atoms with Crippen molar-refractivity contribution >= 4 is 22.7 Å². The van der Waals surface area contributed by atoms with Gasteiger partial charge in [0.15, 0.2) is 0 Å². The van der Waals surface area contributed by atoms with Crippen LogP contribution in [0.25, 0.3) is 10.9 Å². The van der Waals surface area contributed by atoms with Crippen LogP contribution in [0.2, 0.25) is 0 Å². The predicted molar refractivity (Wildman–Crippen MR) is 107 cm³/mol. The van der Waals surface area contributed by atoms with Crippen LogP contribution in [0.15, 0.2) is 48.5 Å². The Labute approximate surface area is 163 Å². The zero-order chi connectivity index (χ0) is 19.5. The second kappa shape index (κ2) is 7.76. The molecule has 0 fully saturated rings. The van der Waals surface area contributed by atoms with Gasteiger partial charge in [-0.3, -0.25) is 9.59 Å². The summed E-state index contributed by atoms with van der Waals surface area (Å²) in [6.45, 7) is -0.0480. The number of benzene rings is 2. The van der Waals surface area contributed by atoms with Crippen molar-refractivity contribution < 1.29 is 14.3 Å². The highest BCUT2D eigenvalue weighted by atomic mass is 16.5. The van der Waals surface area contributed by atoms with Crippen LogP contribution in [0.5, 0.6) is 5.75 Å². The van der Waals surface area contributed by atoms with E-state index in [1.807, 2.05) is 24.3 Å². The molecule has 1 aliphatic carbocycles. The number of hydrogen-bond acceptors (Lipinski definition) is 3. The van der Waals surface area contributed by atoms with Crippen LogP contribution in [-0.2, 0) is 11.2 Å². The van der Waals surface area contributed by atoms with Gasteiger partial charge in [0.1, 0.15) is 5.75 Å². The molecular formula is C22H23N3O3. The number of rotatable bonds is 5. The number of fused-ring (bicyclic) bond motifs is 3. The quantitative estimate of drug-likeness (QED) is 0.639. The van der Waals surface area contributed by atoms with E-state index in [-0.39, 0.29) is 24.4 Å². The van der Waals surface area contributed by atoms with Crippen LogP contribution in [0.4, 0.5) is 0 Å². The monoisotopic (exact) mass is 377 g/mol. The number of amides is 2. The van der Waals surface area contributed by atoms with Crippen molar-refractivity contribution in [2.45, 2.75) is 25.3 Å². The van der Waals surface area contributed by atoms with E-state index in [0.29, 0.717) is 5.56 Å². The third-order valence-corrected chi connectivity index (χ3v) is 5.20. The van der Waals surface area contributed by atoms with Crippen LogP contribution in [0.3, 0.4) is 0 Å². The number of nitrogens with one attached hydrogen (secondary N) is 3. The maximum Gasteiger partial charge on any atom is 0.251 e. The van der Waals surface area contributed by atoms with Gasteiger partial charge in [0, 0.05) is 22.2 Å². The number of methoxy groups -OCH3 is 1. The molecule has 0 unspecified atom stereocenters. The van der Waals surface area contributed by atoms with Gasteiger partial charge < -0.3 is 20.4 Å². The molecule has 0 radical (unpaired) electrons. The van der Waals surface area contributed by atoms with E-state index in [0.717, 1.165) is 41.6 Å². The molecule has 6 nitrogen and oxygen atoms in total. The van der Waals surface area contributed by atoms with Gasteiger partial charge in [-0.2, -0.15) is 0 Å². The minimum atomic E-state index is -0.252. The number of aryl methyl sites for hydroxylation is 1. The molecular weight excluding hydrogens is 354 g/mol. The minimum absolute atomic E-state index is 0.0480. The molecule has 1 aromatic heterocycles. The predicted octanol–water partition coefficient (Wildman–Crippen LogP) is 3.10. The Hall–Kier alpha value is -3.28. The SMILES string of the molecule is COc1ccc2[nH]c3c(c2c1)CCC[C@@H]3NC(=O)CNC(=O)c1ccccc1. The second-order valence-electron chi connectivity index (χ2n) is 6.99. The average Bonchev–Trinajstić information content (AvgIpc) is 3.11. The normalized spacial score (nSPS) is 15.7. The number of carbonyl (C=O) groups is 2. The highest BCUT2D eigenvalue weighted by molar-refractivity contribution is 5.96. The van der Waals surface area contributed by atoms with Gasteiger partial charge in [0.25, 0.3) is 5.91 Å². The summed E-state index contributed by atoms with van der Waals surface area (Å²) in [6.07, 6.45) is 2.84. The highest BCUT2D eigenvalue weighted by Gasteiger charge is 2.25. The number of hydrogen-bond donors (Lipinski definition) is 3. The van der Waals surface area contributed by atoms with Crippen molar-refractivity contribution in [1.82, 2.24) is 15.6 Å². The van der Waals surface area contributed by atoms with Crippen molar-refractivity contribution in [3.63, 3.8) is 0 Å². The van der Waals surface area contributed by atoms with E-state index in [4.69, 9.17) is 4.74 Å². The maximum absolute atomic E-state index is 12.4. The third kappa shape index (κ3) is 3.58. The van der Waals surface area contributed by atoms with Gasteiger partial charge in [-0.15, -0.1) is 0 Å². The Kier molecular flexibility index (Phi) is 5.02. The molecule has 144 valence electrons. The molecule has 28 heavy (non-hydrogen) atoms. The topological polar surface area (TPSA) is 83.2 Å². The Morgan fingerprint density at radius 3 is 2.79 bits per heavy atom. The number of aromatic amines is 1. The lowest BCUT2D eigenvalue weighted by atomic mass is 9.91. The fourth-order valence-corrected chi connectivity index (χ4v) is 3.81. The largest absolute Gasteiger partial charge is 0.497 e. The molecule has 3 N–H and O–H groups in total. The van der Waals surface area contributed by atoms with Gasteiger partial charge in [0.05, 0.1) is 19.7 Å². The number of carbonyl (C=O) groups excluding carboxylic acids is 2. The number of ether oxygens (including phenoxy) is 1. The molecule has 6 heteroatoms. The van der Waals surface area contributed by atoms with E-state index < -0.39 is 0 Å². The number of aromatic nitrogens is 1. The minimum Gasteiger partial charge on any atom is -0.497 e. The van der Waals surface area contributed by atoms with E-state index in [2.05, 4.69) is 15.6 Å². The van der Waals surface area contributed by atoms with Crippen LogP contribution in [0, 0.1) is 0 Å². The van der Waals surface area contributed by atoms with Gasteiger partial charge in [-0.1, -0.05) is 18.2 Å². The maximum atomic E-state index is 12.4. The van der Waals surface area contributed by atoms with Gasteiger partial charge in [-0.25, -0.2) is 0 Å². The molecule has 0 aliphatic heterocycles. The summed E-state index contributed by atoms with van der Waals surface area (Å²) in [6, 6.07) is 14.8. The van der Waals surface area contributed by atoms with E-state index in [1.165, 1.54) is 5.56 Å². The summed E-state index contributed by atoms with van der Waals surface area (Å²) >= 11 is 0. The van der Waals surface area contributed by atoms with Crippen molar-refractivity contribution in [3.8, 4) is 5.75 Å². The van der Waals surface area contributed by atoms with Gasteiger partial charge >= 0.3 is 0 Å². The summed E-state index contributed by atoms with van der Waals surface area (Å²) in [7, 11) is 1.66. The molecule has 1 aliphatic rings. The van der Waals surface area contributed by atoms with E-state index in [9.17, 15) is 9.59 Å². The van der Waals surface area contributed by atoms with Gasteiger partial charge in [0.2, 0.25) is 5.91 Å². The molecule has 3 aromatic rings. The summed E-state index contributed by atoms with van der Waals surface area (Å²) < 4.78 is 5.34. The third-order valence-electron chi connectivity index (χ3n) is 5.20. The first-order valence-electron chi connectivity index (χ1n) is 9.47. The van der Waals surface area contributed by atoms with Crippen molar-refractivity contribution in [3.05, 3.63) is 65.4 Å². The molecule has 0 saturated heterocycles. The Balaban J connectivity index is 1.45. The van der Waals surface area contributed by atoms with Crippen LogP contribution < -0.4 is 15.4 Å². The zero-order valence-electron chi connectivity index (χ0n) is 15.7. The van der Waals surface area contributed by atoms with Crippen LogP contribution in [-0.4, -0.2) is 30.5 Å². The summed E-state index contributed by atoms with van der Waals surface area (Å²) in [5.74, 6) is 0.375. The standard InChI is InChI=1S/C22H23N3O3/c1-28-15-10-11-18-17(12-15)16-8-5-9-19(21(16)25-18)24-20(26)13-23-22(27)14-6-3-2-4-7-14/h2-4,6-7,10-12,19,25H,5,8-9,13H2,1H3,(H,23,27)(H,24,26)/t19-/m0/s1. The highest BCUT2D eigenvalue weighted by Crippen LogP contribution is 2.36.